The van der Waals surface area contributed by atoms with Gasteiger partial charge in [0.25, 0.3) is 0 Å². The third kappa shape index (κ3) is 3.02. The van der Waals surface area contributed by atoms with Crippen LogP contribution in [0.4, 0.5) is 4.39 Å². The number of hydrogen-bond donors (Lipinski definition) is 1. The molecule has 1 atom stereocenters. The molecule has 0 aliphatic heterocycles. The van der Waals surface area contributed by atoms with Gasteiger partial charge in [-0.05, 0) is 67.1 Å². The minimum atomic E-state index is -0.193. The van der Waals surface area contributed by atoms with E-state index in [-0.39, 0.29) is 11.9 Å². The number of benzene rings is 2. The minimum Gasteiger partial charge on any atom is -0.324 e. The Morgan fingerprint density at radius 3 is 2.16 bits per heavy atom. The largest absolute Gasteiger partial charge is 0.324 e. The van der Waals surface area contributed by atoms with Gasteiger partial charge in [0.1, 0.15) is 5.82 Å². The van der Waals surface area contributed by atoms with Crippen LogP contribution in [-0.4, -0.2) is 0 Å². The number of halogens is 1. The summed E-state index contributed by atoms with van der Waals surface area (Å²) in [6, 6.07) is 11.3. The summed E-state index contributed by atoms with van der Waals surface area (Å²) in [4.78, 5) is 0. The highest BCUT2D eigenvalue weighted by atomic mass is 19.1. The van der Waals surface area contributed by atoms with Gasteiger partial charge in [0.05, 0.1) is 0 Å². The fraction of sp³-hybridized carbons (Fsp3) is 0.294. The van der Waals surface area contributed by atoms with E-state index in [2.05, 4.69) is 19.1 Å². The van der Waals surface area contributed by atoms with Crippen LogP contribution in [0.15, 0.2) is 36.4 Å². The van der Waals surface area contributed by atoms with Gasteiger partial charge in [-0.25, -0.2) is 4.39 Å². The van der Waals surface area contributed by atoms with E-state index in [9.17, 15) is 4.39 Å². The van der Waals surface area contributed by atoms with E-state index in [0.29, 0.717) is 0 Å². The SMILES string of the molecule is Cc1ccccc1CC(N)c1c(C)cc(F)cc1C. The van der Waals surface area contributed by atoms with Crippen molar-refractivity contribution in [3.63, 3.8) is 0 Å². The molecule has 2 aromatic rings. The molecule has 0 aromatic heterocycles. The molecule has 0 aliphatic rings. The highest BCUT2D eigenvalue weighted by Gasteiger charge is 2.14. The van der Waals surface area contributed by atoms with Crippen LogP contribution >= 0.6 is 0 Å². The third-order valence-corrected chi connectivity index (χ3v) is 3.63. The van der Waals surface area contributed by atoms with Crippen LogP contribution in [-0.2, 0) is 6.42 Å². The van der Waals surface area contributed by atoms with Crippen molar-refractivity contribution < 1.29 is 4.39 Å². The molecule has 0 saturated heterocycles. The predicted octanol–water partition coefficient (Wildman–Crippen LogP) is 3.99. The summed E-state index contributed by atoms with van der Waals surface area (Å²) in [5.74, 6) is -0.193. The molecule has 19 heavy (non-hydrogen) atoms. The molecule has 1 unspecified atom stereocenters. The summed E-state index contributed by atoms with van der Waals surface area (Å²) >= 11 is 0. The Morgan fingerprint density at radius 1 is 1.00 bits per heavy atom. The van der Waals surface area contributed by atoms with Crippen molar-refractivity contribution in [2.24, 2.45) is 5.73 Å². The average molecular weight is 257 g/mol. The van der Waals surface area contributed by atoms with Gasteiger partial charge in [-0.3, -0.25) is 0 Å². The molecule has 0 heterocycles. The maximum Gasteiger partial charge on any atom is 0.123 e. The van der Waals surface area contributed by atoms with Crippen molar-refractivity contribution >= 4 is 0 Å². The Hall–Kier alpha value is -1.67. The van der Waals surface area contributed by atoms with E-state index in [1.165, 1.54) is 11.1 Å². The Labute approximate surface area is 114 Å². The van der Waals surface area contributed by atoms with Crippen molar-refractivity contribution in [1.82, 2.24) is 0 Å². The summed E-state index contributed by atoms with van der Waals surface area (Å²) in [7, 11) is 0. The maximum atomic E-state index is 13.3. The van der Waals surface area contributed by atoms with Crippen LogP contribution in [0.5, 0.6) is 0 Å². The number of rotatable bonds is 3. The van der Waals surface area contributed by atoms with Crippen LogP contribution in [0.2, 0.25) is 0 Å². The lowest BCUT2D eigenvalue weighted by Crippen LogP contribution is -2.17. The fourth-order valence-corrected chi connectivity index (χ4v) is 2.68. The van der Waals surface area contributed by atoms with Gasteiger partial charge in [0.2, 0.25) is 0 Å². The smallest absolute Gasteiger partial charge is 0.123 e. The fourth-order valence-electron chi connectivity index (χ4n) is 2.68. The molecule has 2 N–H and O–H groups in total. The molecule has 1 nitrogen and oxygen atoms in total. The van der Waals surface area contributed by atoms with Crippen LogP contribution in [0.3, 0.4) is 0 Å². The summed E-state index contributed by atoms with van der Waals surface area (Å²) in [5, 5.41) is 0. The second-order valence-electron chi connectivity index (χ2n) is 5.19. The summed E-state index contributed by atoms with van der Waals surface area (Å²) in [6.45, 7) is 5.93. The summed E-state index contributed by atoms with van der Waals surface area (Å²) < 4.78 is 13.3. The Balaban J connectivity index is 2.31. The number of hydrogen-bond acceptors (Lipinski definition) is 1. The van der Waals surface area contributed by atoms with Crippen molar-refractivity contribution in [1.29, 1.82) is 0 Å². The first-order valence-corrected chi connectivity index (χ1v) is 6.55. The summed E-state index contributed by atoms with van der Waals surface area (Å²) in [6.07, 6.45) is 0.778. The van der Waals surface area contributed by atoms with Crippen LogP contribution in [0.1, 0.15) is 33.9 Å². The molecule has 0 spiro atoms. The lowest BCUT2D eigenvalue weighted by atomic mass is 9.91. The average Bonchev–Trinajstić information content (AvgIpc) is 2.30. The van der Waals surface area contributed by atoms with Crippen molar-refractivity contribution in [3.8, 4) is 0 Å². The molecular weight excluding hydrogens is 237 g/mol. The first-order chi connectivity index (χ1) is 8.99. The van der Waals surface area contributed by atoms with Gasteiger partial charge >= 0.3 is 0 Å². The standard InChI is InChI=1S/C17H20FN/c1-11-6-4-5-7-14(11)10-16(19)17-12(2)8-15(18)9-13(17)3/h4-9,16H,10,19H2,1-3H3. The molecular formula is C17H20FN. The monoisotopic (exact) mass is 257 g/mol. The summed E-state index contributed by atoms with van der Waals surface area (Å²) in [5.41, 5.74) is 11.7. The predicted molar refractivity (Wildman–Crippen MR) is 77.7 cm³/mol. The Bertz CT molecular complexity index is 567. The van der Waals surface area contributed by atoms with E-state index in [1.807, 2.05) is 26.0 Å². The first-order valence-electron chi connectivity index (χ1n) is 6.55. The second kappa shape index (κ2) is 5.54. The first kappa shape index (κ1) is 13.8. The van der Waals surface area contributed by atoms with Gasteiger partial charge < -0.3 is 5.73 Å². The molecule has 100 valence electrons. The van der Waals surface area contributed by atoms with Gasteiger partial charge in [0, 0.05) is 6.04 Å². The molecule has 0 fully saturated rings. The van der Waals surface area contributed by atoms with E-state index >= 15 is 0 Å². The van der Waals surface area contributed by atoms with E-state index < -0.39 is 0 Å². The number of nitrogens with two attached hydrogens (primary N) is 1. The van der Waals surface area contributed by atoms with Crippen LogP contribution < -0.4 is 5.73 Å². The second-order valence-corrected chi connectivity index (χ2v) is 5.19. The van der Waals surface area contributed by atoms with E-state index in [4.69, 9.17) is 5.73 Å². The molecule has 0 aliphatic carbocycles. The molecule has 2 rings (SSSR count). The van der Waals surface area contributed by atoms with Gasteiger partial charge in [-0.2, -0.15) is 0 Å². The number of aryl methyl sites for hydroxylation is 3. The van der Waals surface area contributed by atoms with Crippen molar-refractivity contribution in [3.05, 3.63) is 70.0 Å². The quantitative estimate of drug-likeness (QED) is 0.884. The molecule has 2 aromatic carbocycles. The molecule has 0 amide bonds. The van der Waals surface area contributed by atoms with Gasteiger partial charge in [0.15, 0.2) is 0 Å². The Kier molecular flexibility index (Phi) is 4.01. The van der Waals surface area contributed by atoms with Crippen molar-refractivity contribution in [2.45, 2.75) is 33.2 Å². The zero-order chi connectivity index (χ0) is 14.0. The van der Waals surface area contributed by atoms with E-state index in [1.54, 1.807) is 12.1 Å². The van der Waals surface area contributed by atoms with Gasteiger partial charge in [-0.1, -0.05) is 24.3 Å². The topological polar surface area (TPSA) is 26.0 Å². The van der Waals surface area contributed by atoms with Crippen LogP contribution in [0, 0.1) is 26.6 Å². The normalized spacial score (nSPS) is 12.5. The molecule has 0 bridgehead atoms. The minimum absolute atomic E-state index is 0.0956. The lowest BCUT2D eigenvalue weighted by Gasteiger charge is -2.19. The highest BCUT2D eigenvalue weighted by Crippen LogP contribution is 2.25. The maximum absolute atomic E-state index is 13.3. The van der Waals surface area contributed by atoms with Crippen molar-refractivity contribution in [2.75, 3.05) is 0 Å². The Morgan fingerprint density at radius 2 is 1.58 bits per heavy atom. The van der Waals surface area contributed by atoms with E-state index in [0.717, 1.165) is 23.1 Å². The molecule has 2 heteroatoms. The lowest BCUT2D eigenvalue weighted by molar-refractivity contribution is 0.620. The third-order valence-electron chi connectivity index (χ3n) is 3.63. The zero-order valence-electron chi connectivity index (χ0n) is 11.7. The van der Waals surface area contributed by atoms with Crippen LogP contribution in [0.25, 0.3) is 0 Å². The molecule has 0 radical (unpaired) electrons. The molecule has 0 saturated carbocycles. The van der Waals surface area contributed by atoms with Gasteiger partial charge in [-0.15, -0.1) is 0 Å². The zero-order valence-corrected chi connectivity index (χ0v) is 11.7. The highest BCUT2D eigenvalue weighted by molar-refractivity contribution is 5.38.